The lowest BCUT2D eigenvalue weighted by Crippen LogP contribution is -2.31. The fourth-order valence-electron chi connectivity index (χ4n) is 3.22. The summed E-state index contributed by atoms with van der Waals surface area (Å²) in [6.45, 7) is 7.60. The smallest absolute Gasteiger partial charge is 0.340 e. The molecular formula is C22H31N3O6S. The lowest BCUT2D eigenvalue weighted by Gasteiger charge is -2.10. The van der Waals surface area contributed by atoms with Gasteiger partial charge in [0.15, 0.2) is 0 Å². The van der Waals surface area contributed by atoms with E-state index in [0.29, 0.717) is 34.7 Å². The van der Waals surface area contributed by atoms with Crippen LogP contribution in [0.25, 0.3) is 0 Å². The topological polar surface area (TPSA) is 127 Å². The van der Waals surface area contributed by atoms with Crippen LogP contribution in [0, 0.1) is 13.8 Å². The number of rotatable bonds is 11. The van der Waals surface area contributed by atoms with E-state index in [1.165, 1.54) is 7.11 Å². The number of H-pyrrole nitrogens is 1. The summed E-state index contributed by atoms with van der Waals surface area (Å²) in [5.41, 5.74) is 3.17. The number of carbonyl (C=O) groups is 2. The largest absolute Gasteiger partial charge is 0.460 e. The van der Waals surface area contributed by atoms with Crippen LogP contribution >= 0.6 is 0 Å². The van der Waals surface area contributed by atoms with Gasteiger partial charge in [-0.15, -0.1) is 0 Å². The average molecular weight is 466 g/mol. The highest BCUT2D eigenvalue weighted by Crippen LogP contribution is 2.19. The number of hydrogen-bond donors (Lipinski definition) is 3. The number of aryl methyl sites for hydroxylation is 1. The normalized spacial score (nSPS) is 11.6. The first-order valence-electron chi connectivity index (χ1n) is 10.2. The predicted octanol–water partition coefficient (Wildman–Crippen LogP) is 2.19. The first kappa shape index (κ1) is 25.6. The monoisotopic (exact) mass is 465 g/mol. The van der Waals surface area contributed by atoms with Crippen LogP contribution in [0.15, 0.2) is 24.3 Å². The van der Waals surface area contributed by atoms with Gasteiger partial charge in [0.1, 0.15) is 12.3 Å². The molecule has 0 atom stereocenters. The van der Waals surface area contributed by atoms with E-state index in [1.54, 1.807) is 52.0 Å². The van der Waals surface area contributed by atoms with E-state index < -0.39 is 16.0 Å². The lowest BCUT2D eigenvalue weighted by atomic mass is 10.1. The lowest BCUT2D eigenvalue weighted by molar-refractivity contribution is 0.0386. The fraction of sp³-hybridized carbons (Fsp3) is 0.455. The van der Waals surface area contributed by atoms with Crippen molar-refractivity contribution < 1.29 is 27.5 Å². The molecule has 9 nitrogen and oxygen atoms in total. The van der Waals surface area contributed by atoms with Crippen LogP contribution in [0.5, 0.6) is 0 Å². The highest BCUT2D eigenvalue weighted by molar-refractivity contribution is 7.88. The van der Waals surface area contributed by atoms with Crippen LogP contribution in [0.1, 0.15) is 57.1 Å². The summed E-state index contributed by atoms with van der Waals surface area (Å²) >= 11 is 0. The van der Waals surface area contributed by atoms with Crippen molar-refractivity contribution in [2.24, 2.45) is 0 Å². The van der Waals surface area contributed by atoms with Crippen LogP contribution in [0.2, 0.25) is 0 Å². The molecule has 176 valence electrons. The number of sulfonamides is 1. The average Bonchev–Trinajstić information content (AvgIpc) is 3.00. The van der Waals surface area contributed by atoms with Gasteiger partial charge in [-0.05, 0) is 44.4 Å². The Morgan fingerprint density at radius 2 is 1.69 bits per heavy atom. The van der Waals surface area contributed by atoms with Gasteiger partial charge in [-0.3, -0.25) is 4.79 Å². The highest BCUT2D eigenvalue weighted by Gasteiger charge is 2.23. The summed E-state index contributed by atoms with van der Waals surface area (Å²) in [6.07, 6.45) is 0. The number of esters is 1. The Hall–Kier alpha value is -2.69. The van der Waals surface area contributed by atoms with Crippen LogP contribution in [-0.2, 0) is 31.8 Å². The Morgan fingerprint density at radius 1 is 1.06 bits per heavy atom. The zero-order valence-electron chi connectivity index (χ0n) is 19.1. The van der Waals surface area contributed by atoms with Gasteiger partial charge in [0.05, 0.1) is 17.9 Å². The third-order valence-electron chi connectivity index (χ3n) is 4.64. The van der Waals surface area contributed by atoms with Crippen molar-refractivity contribution >= 4 is 21.9 Å². The second-order valence-corrected chi connectivity index (χ2v) is 9.54. The molecule has 0 saturated carbocycles. The van der Waals surface area contributed by atoms with Gasteiger partial charge in [-0.25, -0.2) is 17.9 Å². The van der Waals surface area contributed by atoms with Crippen LogP contribution in [0.4, 0.5) is 0 Å². The Morgan fingerprint density at radius 3 is 2.28 bits per heavy atom. The van der Waals surface area contributed by atoms with Crippen LogP contribution in [0.3, 0.4) is 0 Å². The maximum absolute atomic E-state index is 12.6. The zero-order valence-corrected chi connectivity index (χ0v) is 19.9. The van der Waals surface area contributed by atoms with E-state index in [4.69, 9.17) is 9.47 Å². The third kappa shape index (κ3) is 7.18. The minimum Gasteiger partial charge on any atom is -0.460 e. The van der Waals surface area contributed by atoms with E-state index in [1.807, 2.05) is 0 Å². The summed E-state index contributed by atoms with van der Waals surface area (Å²) in [6, 6.07) is 6.82. The summed E-state index contributed by atoms with van der Waals surface area (Å²) in [5, 5.41) is 2.81. The molecule has 0 fully saturated rings. The molecule has 0 radical (unpaired) electrons. The standard InChI is InChI=1S/C22H31N3O6S/c1-14(2)25-32(28,29)13-18-8-6-17(7-9-18)12-23-21(26)20-15(3)19(16(4)24-20)22(27)31-11-10-30-5/h6-9,14,24-25H,10-13H2,1-5H3,(H,23,26). The van der Waals surface area contributed by atoms with Gasteiger partial charge in [0.25, 0.3) is 5.91 Å². The molecule has 0 aliphatic rings. The minimum atomic E-state index is -3.40. The van der Waals surface area contributed by atoms with Crippen molar-refractivity contribution in [3.05, 3.63) is 57.9 Å². The second kappa shape index (κ2) is 11.3. The molecule has 0 spiro atoms. The van der Waals surface area contributed by atoms with Crippen molar-refractivity contribution in [2.45, 2.75) is 46.0 Å². The molecule has 3 N–H and O–H groups in total. The molecule has 1 aromatic heterocycles. The molecule has 2 aromatic rings. The number of amides is 1. The van der Waals surface area contributed by atoms with Crippen LogP contribution in [-0.4, -0.2) is 51.6 Å². The Kier molecular flexibility index (Phi) is 8.99. The van der Waals surface area contributed by atoms with E-state index in [2.05, 4.69) is 15.0 Å². The van der Waals surface area contributed by atoms with E-state index in [9.17, 15) is 18.0 Å². The quantitative estimate of drug-likeness (QED) is 0.345. The summed E-state index contributed by atoms with van der Waals surface area (Å²) in [7, 11) is -1.88. The molecule has 1 aromatic carbocycles. The summed E-state index contributed by atoms with van der Waals surface area (Å²) < 4.78 is 36.7. The minimum absolute atomic E-state index is 0.109. The first-order chi connectivity index (χ1) is 15.0. The van der Waals surface area contributed by atoms with Gasteiger partial charge < -0.3 is 19.8 Å². The van der Waals surface area contributed by atoms with Crippen molar-refractivity contribution in [3.63, 3.8) is 0 Å². The van der Waals surface area contributed by atoms with Crippen molar-refractivity contribution in [2.75, 3.05) is 20.3 Å². The number of ether oxygens (including phenoxy) is 2. The number of nitrogens with one attached hydrogen (secondary N) is 3. The molecule has 0 aliphatic carbocycles. The summed E-state index contributed by atoms with van der Waals surface area (Å²) in [5.74, 6) is -0.971. The maximum atomic E-state index is 12.6. The van der Waals surface area contributed by atoms with Gasteiger partial charge in [-0.2, -0.15) is 0 Å². The van der Waals surface area contributed by atoms with Gasteiger partial charge in [-0.1, -0.05) is 24.3 Å². The Bertz CT molecular complexity index is 1040. The van der Waals surface area contributed by atoms with E-state index in [0.717, 1.165) is 5.56 Å². The maximum Gasteiger partial charge on any atom is 0.340 e. The number of hydrogen-bond acceptors (Lipinski definition) is 6. The molecule has 2 rings (SSSR count). The second-order valence-electron chi connectivity index (χ2n) is 7.78. The van der Waals surface area contributed by atoms with Crippen LogP contribution < -0.4 is 10.0 Å². The van der Waals surface area contributed by atoms with Gasteiger partial charge in [0.2, 0.25) is 10.0 Å². The number of aromatic nitrogens is 1. The highest BCUT2D eigenvalue weighted by atomic mass is 32.2. The third-order valence-corrected chi connectivity index (χ3v) is 6.18. The van der Waals surface area contributed by atoms with Crippen molar-refractivity contribution in [1.29, 1.82) is 0 Å². The van der Waals surface area contributed by atoms with Gasteiger partial charge in [0, 0.05) is 25.4 Å². The zero-order chi connectivity index (χ0) is 23.9. The number of carbonyl (C=O) groups excluding carboxylic acids is 2. The Labute approximate surface area is 188 Å². The molecule has 32 heavy (non-hydrogen) atoms. The van der Waals surface area contributed by atoms with Gasteiger partial charge >= 0.3 is 5.97 Å². The molecule has 0 unspecified atom stereocenters. The molecule has 0 aliphatic heterocycles. The van der Waals surface area contributed by atoms with E-state index >= 15 is 0 Å². The first-order valence-corrected chi connectivity index (χ1v) is 11.9. The fourth-order valence-corrected chi connectivity index (χ4v) is 4.65. The molecule has 1 heterocycles. The SMILES string of the molecule is COCCOC(=O)c1c(C)[nH]c(C(=O)NCc2ccc(CS(=O)(=O)NC(C)C)cc2)c1C. The number of aromatic amines is 1. The summed E-state index contributed by atoms with van der Waals surface area (Å²) in [4.78, 5) is 27.9. The molecule has 1 amide bonds. The van der Waals surface area contributed by atoms with Crippen molar-refractivity contribution in [1.82, 2.24) is 15.0 Å². The number of methoxy groups -OCH3 is 1. The predicted molar refractivity (Wildman–Crippen MR) is 121 cm³/mol. The Balaban J connectivity index is 1.99. The molecule has 0 bridgehead atoms. The molecular weight excluding hydrogens is 434 g/mol. The van der Waals surface area contributed by atoms with E-state index in [-0.39, 0.29) is 30.9 Å². The number of benzene rings is 1. The van der Waals surface area contributed by atoms with Crippen molar-refractivity contribution in [3.8, 4) is 0 Å². The molecule has 10 heteroatoms. The molecule has 0 saturated heterocycles.